The molecule has 1 N–H and O–H groups in total. The summed E-state index contributed by atoms with van der Waals surface area (Å²) < 4.78 is 10.5. The van der Waals surface area contributed by atoms with Crippen molar-refractivity contribution in [3.63, 3.8) is 0 Å². The largest absolute Gasteiger partial charge is 0.454 e. The van der Waals surface area contributed by atoms with E-state index in [0.717, 1.165) is 0 Å². The molecule has 0 saturated heterocycles. The number of nitro groups is 1. The molecule has 0 unspecified atom stereocenters. The smallest absolute Gasteiger partial charge is 0.294 e. The lowest BCUT2D eigenvalue weighted by atomic mass is 10.2. The Morgan fingerprint density at radius 2 is 1.95 bits per heavy atom. The predicted molar refractivity (Wildman–Crippen MR) is 74.0 cm³/mol. The lowest BCUT2D eigenvalue weighted by Crippen LogP contribution is -1.97. The van der Waals surface area contributed by atoms with Crippen molar-refractivity contribution in [1.29, 1.82) is 0 Å². The van der Waals surface area contributed by atoms with Gasteiger partial charge >= 0.3 is 0 Å². The third-order valence-electron chi connectivity index (χ3n) is 2.81. The number of nitrogens with zero attached hydrogens (tertiary/aromatic N) is 1. The number of fused-ring (bicyclic) bond motifs is 1. The Hall–Kier alpha value is -2.47. The van der Waals surface area contributed by atoms with E-state index >= 15 is 0 Å². The molecule has 0 aliphatic carbocycles. The molecular formula is C13H9ClN2O4. The molecule has 1 aliphatic heterocycles. The van der Waals surface area contributed by atoms with Gasteiger partial charge in [0.05, 0.1) is 4.92 Å². The molecule has 1 heterocycles. The minimum absolute atomic E-state index is 0.0878. The summed E-state index contributed by atoms with van der Waals surface area (Å²) in [5.41, 5.74) is 0.938. The van der Waals surface area contributed by atoms with Crippen molar-refractivity contribution in [2.75, 3.05) is 12.1 Å². The predicted octanol–water partition coefficient (Wildman–Crippen LogP) is 3.72. The number of halogens is 1. The van der Waals surface area contributed by atoms with E-state index in [1.807, 2.05) is 0 Å². The first-order valence-corrected chi connectivity index (χ1v) is 6.12. The Balaban J connectivity index is 1.93. The maximum Gasteiger partial charge on any atom is 0.294 e. The summed E-state index contributed by atoms with van der Waals surface area (Å²) in [6, 6.07) is 9.67. The monoisotopic (exact) mass is 292 g/mol. The molecule has 0 saturated carbocycles. The van der Waals surface area contributed by atoms with Crippen molar-refractivity contribution in [2.45, 2.75) is 0 Å². The van der Waals surface area contributed by atoms with E-state index in [4.69, 9.17) is 21.1 Å². The SMILES string of the molecule is O=[N+]([O-])c1cc(Cl)ccc1Nc1ccc2c(c1)OCO2. The highest BCUT2D eigenvalue weighted by atomic mass is 35.5. The minimum atomic E-state index is -0.485. The van der Waals surface area contributed by atoms with Crippen LogP contribution in [0.5, 0.6) is 11.5 Å². The molecule has 0 radical (unpaired) electrons. The highest BCUT2D eigenvalue weighted by Crippen LogP contribution is 2.36. The van der Waals surface area contributed by atoms with Gasteiger partial charge in [-0.3, -0.25) is 10.1 Å². The summed E-state index contributed by atoms with van der Waals surface area (Å²) in [5, 5.41) is 14.3. The standard InChI is InChI=1S/C13H9ClN2O4/c14-8-1-3-10(11(5-8)16(17)18)15-9-2-4-12-13(6-9)20-7-19-12/h1-6,15H,7H2. The van der Waals surface area contributed by atoms with Crippen LogP contribution in [-0.4, -0.2) is 11.7 Å². The molecule has 3 rings (SSSR count). The van der Waals surface area contributed by atoms with E-state index in [9.17, 15) is 10.1 Å². The Kier molecular flexibility index (Phi) is 3.08. The molecule has 2 aromatic rings. The van der Waals surface area contributed by atoms with Crippen LogP contribution in [0.1, 0.15) is 0 Å². The molecule has 0 aromatic heterocycles. The molecule has 0 fully saturated rings. The molecule has 2 aromatic carbocycles. The number of anilines is 2. The van der Waals surface area contributed by atoms with Gasteiger partial charge in [-0.15, -0.1) is 0 Å². The number of hydrogen-bond donors (Lipinski definition) is 1. The van der Waals surface area contributed by atoms with Crippen LogP contribution in [-0.2, 0) is 0 Å². The molecule has 20 heavy (non-hydrogen) atoms. The van der Waals surface area contributed by atoms with E-state index in [-0.39, 0.29) is 12.5 Å². The van der Waals surface area contributed by atoms with Gasteiger partial charge in [0.2, 0.25) is 6.79 Å². The Morgan fingerprint density at radius 1 is 1.15 bits per heavy atom. The van der Waals surface area contributed by atoms with Gasteiger partial charge < -0.3 is 14.8 Å². The molecule has 102 valence electrons. The normalized spacial score (nSPS) is 12.2. The maximum atomic E-state index is 11.0. The van der Waals surface area contributed by atoms with Gasteiger partial charge in [0.25, 0.3) is 5.69 Å². The molecule has 0 amide bonds. The summed E-state index contributed by atoms with van der Waals surface area (Å²) in [6.45, 7) is 0.180. The minimum Gasteiger partial charge on any atom is -0.454 e. The van der Waals surface area contributed by atoms with Gasteiger partial charge in [0.1, 0.15) is 5.69 Å². The first-order valence-electron chi connectivity index (χ1n) is 5.74. The number of nitrogens with one attached hydrogen (secondary N) is 1. The third kappa shape index (κ3) is 2.33. The number of hydrogen-bond acceptors (Lipinski definition) is 5. The first kappa shape index (κ1) is 12.6. The summed E-state index contributed by atoms with van der Waals surface area (Å²) >= 11 is 5.77. The van der Waals surface area contributed by atoms with E-state index in [1.54, 1.807) is 30.3 Å². The quantitative estimate of drug-likeness (QED) is 0.689. The first-order chi connectivity index (χ1) is 9.63. The fraction of sp³-hybridized carbons (Fsp3) is 0.0769. The lowest BCUT2D eigenvalue weighted by molar-refractivity contribution is -0.383. The summed E-state index contributed by atoms with van der Waals surface area (Å²) in [4.78, 5) is 10.5. The second kappa shape index (κ2) is 4.90. The van der Waals surface area contributed by atoms with Crippen molar-refractivity contribution >= 4 is 28.7 Å². The van der Waals surface area contributed by atoms with Gasteiger partial charge in [-0.05, 0) is 24.3 Å². The van der Waals surface area contributed by atoms with Gasteiger partial charge in [-0.1, -0.05) is 11.6 Å². The van der Waals surface area contributed by atoms with Crippen LogP contribution in [0.15, 0.2) is 36.4 Å². The topological polar surface area (TPSA) is 73.6 Å². The van der Waals surface area contributed by atoms with Crippen LogP contribution < -0.4 is 14.8 Å². The fourth-order valence-corrected chi connectivity index (χ4v) is 2.06. The Morgan fingerprint density at radius 3 is 2.75 bits per heavy atom. The number of nitro benzene ring substituents is 1. The van der Waals surface area contributed by atoms with E-state index in [2.05, 4.69) is 5.32 Å². The van der Waals surface area contributed by atoms with Crippen molar-refractivity contribution in [1.82, 2.24) is 0 Å². The van der Waals surface area contributed by atoms with Crippen LogP contribution in [0.3, 0.4) is 0 Å². The van der Waals surface area contributed by atoms with Gasteiger partial charge in [0.15, 0.2) is 11.5 Å². The van der Waals surface area contributed by atoms with Crippen LogP contribution >= 0.6 is 11.6 Å². The van der Waals surface area contributed by atoms with E-state index in [0.29, 0.717) is 27.9 Å². The summed E-state index contributed by atoms with van der Waals surface area (Å²) in [5.74, 6) is 1.26. The Bertz CT molecular complexity index is 690. The zero-order valence-electron chi connectivity index (χ0n) is 10.1. The van der Waals surface area contributed by atoms with Crippen molar-refractivity contribution in [2.24, 2.45) is 0 Å². The van der Waals surface area contributed by atoms with Gasteiger partial charge in [0, 0.05) is 22.8 Å². The van der Waals surface area contributed by atoms with Crippen LogP contribution in [0.4, 0.5) is 17.1 Å². The molecule has 7 heteroatoms. The zero-order chi connectivity index (χ0) is 14.1. The average molecular weight is 293 g/mol. The molecule has 1 aliphatic rings. The molecule has 6 nitrogen and oxygen atoms in total. The van der Waals surface area contributed by atoms with Crippen molar-refractivity contribution < 1.29 is 14.4 Å². The molecule has 0 spiro atoms. The van der Waals surface area contributed by atoms with Gasteiger partial charge in [-0.2, -0.15) is 0 Å². The number of rotatable bonds is 3. The number of ether oxygens (including phenoxy) is 2. The number of benzene rings is 2. The highest BCUT2D eigenvalue weighted by Gasteiger charge is 2.17. The highest BCUT2D eigenvalue weighted by molar-refractivity contribution is 6.30. The summed E-state index contributed by atoms with van der Waals surface area (Å²) in [7, 11) is 0. The average Bonchev–Trinajstić information content (AvgIpc) is 2.88. The van der Waals surface area contributed by atoms with Crippen LogP contribution in [0.25, 0.3) is 0 Å². The van der Waals surface area contributed by atoms with Gasteiger partial charge in [-0.25, -0.2) is 0 Å². The summed E-state index contributed by atoms with van der Waals surface area (Å²) in [6.07, 6.45) is 0. The molecule has 0 bridgehead atoms. The van der Waals surface area contributed by atoms with E-state index < -0.39 is 4.92 Å². The second-order valence-corrected chi connectivity index (χ2v) is 4.55. The maximum absolute atomic E-state index is 11.0. The Labute approximate surface area is 119 Å². The lowest BCUT2D eigenvalue weighted by Gasteiger charge is -2.08. The van der Waals surface area contributed by atoms with E-state index in [1.165, 1.54) is 6.07 Å². The second-order valence-electron chi connectivity index (χ2n) is 4.11. The molecule has 0 atom stereocenters. The van der Waals surface area contributed by atoms with Crippen molar-refractivity contribution in [3.05, 3.63) is 51.5 Å². The van der Waals surface area contributed by atoms with Crippen LogP contribution in [0, 0.1) is 10.1 Å². The zero-order valence-corrected chi connectivity index (χ0v) is 10.9. The van der Waals surface area contributed by atoms with Crippen molar-refractivity contribution in [3.8, 4) is 11.5 Å². The fourth-order valence-electron chi connectivity index (χ4n) is 1.89. The third-order valence-corrected chi connectivity index (χ3v) is 3.04. The van der Waals surface area contributed by atoms with Crippen LogP contribution in [0.2, 0.25) is 5.02 Å². The molecular weight excluding hydrogens is 284 g/mol.